The first-order valence-corrected chi connectivity index (χ1v) is 10.3. The van der Waals surface area contributed by atoms with E-state index in [9.17, 15) is 34.7 Å². The van der Waals surface area contributed by atoms with Crippen molar-refractivity contribution in [2.24, 2.45) is 5.92 Å². The molecule has 3 rings (SSSR count). The number of carboxylic acid groups (broad SMARTS) is 1. The third-order valence-electron chi connectivity index (χ3n) is 5.35. The number of nitrogens with zero attached hydrogens (tertiary/aromatic N) is 4. The lowest BCUT2D eigenvalue weighted by molar-refractivity contribution is -0.385. The van der Waals surface area contributed by atoms with E-state index in [0.717, 1.165) is 24.1 Å². The summed E-state index contributed by atoms with van der Waals surface area (Å²) in [5.74, 6) is -3.42. The van der Waals surface area contributed by atoms with Crippen LogP contribution in [0.3, 0.4) is 0 Å². The number of benzene rings is 1. The summed E-state index contributed by atoms with van der Waals surface area (Å²) in [6.45, 7) is 0.772. The summed E-state index contributed by atoms with van der Waals surface area (Å²) in [5, 5.41) is 47.5. The van der Waals surface area contributed by atoms with Crippen LogP contribution in [0.5, 0.6) is 11.5 Å². The smallest absolute Gasteiger partial charge is 0.504 e. The first-order valence-electron chi connectivity index (χ1n) is 10.3. The van der Waals surface area contributed by atoms with Crippen LogP contribution in [0.15, 0.2) is 12.1 Å². The van der Waals surface area contributed by atoms with Gasteiger partial charge in [-0.25, -0.2) is 4.79 Å². The molecule has 0 saturated heterocycles. The van der Waals surface area contributed by atoms with Crippen molar-refractivity contribution in [1.82, 2.24) is 15.0 Å². The Morgan fingerprint density at radius 2 is 1.82 bits per heavy atom. The second-order valence-electron chi connectivity index (χ2n) is 7.70. The number of nitro groups is 1. The van der Waals surface area contributed by atoms with E-state index in [4.69, 9.17) is 9.84 Å². The number of ketones is 1. The first-order chi connectivity index (χ1) is 16.1. The Labute approximate surface area is 191 Å². The Balaban J connectivity index is 1.94. The molecule has 1 aromatic carbocycles. The Hall–Kier alpha value is -4.23. The highest BCUT2D eigenvalue weighted by atomic mass is 16.7. The predicted octanol–water partition coefficient (Wildman–Crippen LogP) is 2.67. The molecule has 1 aliphatic carbocycles. The van der Waals surface area contributed by atoms with Crippen molar-refractivity contribution in [3.8, 4) is 11.5 Å². The topological polar surface area (TPSA) is 204 Å². The van der Waals surface area contributed by atoms with Crippen LogP contribution in [0.2, 0.25) is 0 Å². The quantitative estimate of drug-likeness (QED) is 0.165. The Kier molecular flexibility index (Phi) is 7.28. The number of aromatic nitrogens is 3. The molecule has 2 aromatic rings. The third kappa shape index (κ3) is 5.39. The molecule has 1 aromatic heterocycles. The average molecular weight is 478 g/mol. The van der Waals surface area contributed by atoms with E-state index in [1.165, 1.54) is 6.92 Å². The van der Waals surface area contributed by atoms with E-state index in [-0.39, 0.29) is 11.6 Å². The fourth-order valence-corrected chi connectivity index (χ4v) is 3.66. The maximum absolute atomic E-state index is 13.1. The lowest BCUT2D eigenvalue weighted by Crippen LogP contribution is -2.22. The van der Waals surface area contributed by atoms with Crippen LogP contribution in [-0.2, 0) is 21.0 Å². The zero-order valence-electron chi connectivity index (χ0n) is 18.0. The van der Waals surface area contributed by atoms with Gasteiger partial charge in [-0.15, -0.1) is 9.90 Å². The van der Waals surface area contributed by atoms with Gasteiger partial charge in [0.25, 0.3) is 5.69 Å². The van der Waals surface area contributed by atoms with E-state index >= 15 is 0 Å². The van der Waals surface area contributed by atoms with Crippen LogP contribution in [0.1, 0.15) is 66.9 Å². The van der Waals surface area contributed by atoms with E-state index < -0.39 is 64.1 Å². The number of carbonyl (C=O) groups excluding carboxylic acids is 2. The molecule has 0 amide bonds. The zero-order valence-corrected chi connectivity index (χ0v) is 18.0. The van der Waals surface area contributed by atoms with E-state index in [1.807, 2.05) is 0 Å². The van der Waals surface area contributed by atoms with Crippen molar-refractivity contribution in [2.45, 2.75) is 51.9 Å². The van der Waals surface area contributed by atoms with Gasteiger partial charge in [0, 0.05) is 6.07 Å². The van der Waals surface area contributed by atoms with E-state index in [1.54, 1.807) is 0 Å². The van der Waals surface area contributed by atoms with Crippen molar-refractivity contribution in [3.63, 3.8) is 0 Å². The molecule has 1 unspecified atom stereocenters. The van der Waals surface area contributed by atoms with Gasteiger partial charge in [-0.2, -0.15) is 5.10 Å². The van der Waals surface area contributed by atoms with Crippen molar-refractivity contribution >= 4 is 23.6 Å². The minimum Gasteiger partial charge on any atom is -0.504 e. The van der Waals surface area contributed by atoms with Gasteiger partial charge >= 0.3 is 12.1 Å². The number of ether oxygens (including phenoxy) is 2. The summed E-state index contributed by atoms with van der Waals surface area (Å²) < 4.78 is 9.86. The van der Waals surface area contributed by atoms with E-state index in [2.05, 4.69) is 14.9 Å². The van der Waals surface area contributed by atoms with Gasteiger partial charge in [0.05, 0.1) is 16.9 Å². The van der Waals surface area contributed by atoms with Crippen molar-refractivity contribution in [3.05, 3.63) is 39.2 Å². The number of nitro benzene ring substituents is 1. The van der Waals surface area contributed by atoms with Gasteiger partial charge in [-0.3, -0.25) is 19.7 Å². The standard InChI is InChI=1S/C20H22N4O10/c1-10(34-20(29)30)16-17(18(27)12-7-14(25)15(26)8-13(12)24(31)32)22-23(21-16)9-33-19(28)11-5-3-2-4-6-11/h7-8,10-11,25-26H,2-6,9H2,1H3,(H,29,30). The Morgan fingerprint density at radius 3 is 2.44 bits per heavy atom. The molecule has 1 heterocycles. The average Bonchev–Trinajstić information content (AvgIpc) is 3.23. The molecule has 182 valence electrons. The fourth-order valence-electron chi connectivity index (χ4n) is 3.66. The van der Waals surface area contributed by atoms with Gasteiger partial charge in [-0.05, 0) is 19.8 Å². The van der Waals surface area contributed by atoms with Crippen LogP contribution in [-0.4, -0.2) is 53.1 Å². The van der Waals surface area contributed by atoms with Gasteiger partial charge < -0.3 is 24.8 Å². The summed E-state index contributed by atoms with van der Waals surface area (Å²) in [4.78, 5) is 47.7. The molecular weight excluding hydrogens is 456 g/mol. The summed E-state index contributed by atoms with van der Waals surface area (Å²) >= 11 is 0. The molecule has 14 heteroatoms. The maximum atomic E-state index is 13.1. The van der Waals surface area contributed by atoms with Gasteiger partial charge in [0.1, 0.15) is 17.4 Å². The largest absolute Gasteiger partial charge is 0.506 e. The molecule has 0 spiro atoms. The molecule has 0 radical (unpaired) electrons. The number of hydrogen-bond acceptors (Lipinski definition) is 11. The molecule has 14 nitrogen and oxygen atoms in total. The van der Waals surface area contributed by atoms with Gasteiger partial charge in [-0.1, -0.05) is 19.3 Å². The van der Waals surface area contributed by atoms with Gasteiger partial charge in [0.2, 0.25) is 12.5 Å². The van der Waals surface area contributed by atoms with Crippen molar-refractivity contribution in [1.29, 1.82) is 0 Å². The number of aromatic hydroxyl groups is 2. The van der Waals surface area contributed by atoms with E-state index in [0.29, 0.717) is 25.0 Å². The normalized spacial score (nSPS) is 14.9. The van der Waals surface area contributed by atoms with Crippen LogP contribution >= 0.6 is 0 Å². The molecule has 0 bridgehead atoms. The summed E-state index contributed by atoms with van der Waals surface area (Å²) in [5.41, 5.74) is -2.26. The Bertz CT molecular complexity index is 1120. The number of carbonyl (C=O) groups is 3. The molecule has 1 fully saturated rings. The van der Waals surface area contributed by atoms with Crippen molar-refractivity contribution < 1.29 is 44.1 Å². The Morgan fingerprint density at radius 1 is 1.18 bits per heavy atom. The first kappa shape index (κ1) is 24.4. The van der Waals surface area contributed by atoms with Crippen molar-refractivity contribution in [2.75, 3.05) is 0 Å². The molecule has 34 heavy (non-hydrogen) atoms. The van der Waals surface area contributed by atoms with Crippen LogP contribution < -0.4 is 0 Å². The summed E-state index contributed by atoms with van der Waals surface area (Å²) in [6.07, 6.45) is 1.26. The molecule has 1 atom stereocenters. The monoisotopic (exact) mass is 478 g/mol. The predicted molar refractivity (Wildman–Crippen MR) is 110 cm³/mol. The maximum Gasteiger partial charge on any atom is 0.506 e. The van der Waals surface area contributed by atoms with Crippen LogP contribution in [0.25, 0.3) is 0 Å². The third-order valence-corrected chi connectivity index (χ3v) is 5.35. The number of phenols is 2. The lowest BCUT2D eigenvalue weighted by atomic mass is 9.89. The number of phenolic OH excluding ortho intramolecular Hbond substituents is 2. The molecular formula is C20H22N4O10. The second kappa shape index (κ2) is 10.1. The highest BCUT2D eigenvalue weighted by Crippen LogP contribution is 2.34. The SMILES string of the molecule is CC(OC(=O)O)c1nn(COC(=O)C2CCCCC2)nc1C(=O)c1cc(O)c(O)cc1[N+](=O)[O-]. The minimum atomic E-state index is -1.67. The molecule has 0 aliphatic heterocycles. The number of hydrogen-bond donors (Lipinski definition) is 3. The highest BCUT2D eigenvalue weighted by Gasteiger charge is 2.32. The number of rotatable bonds is 8. The molecule has 1 saturated carbocycles. The minimum absolute atomic E-state index is 0.262. The van der Waals surface area contributed by atoms with Crippen LogP contribution in [0, 0.1) is 16.0 Å². The fraction of sp³-hybridized carbons (Fsp3) is 0.450. The lowest BCUT2D eigenvalue weighted by Gasteiger charge is -2.19. The highest BCUT2D eigenvalue weighted by molar-refractivity contribution is 6.11. The molecule has 3 N–H and O–H groups in total. The summed E-state index contributed by atoms with van der Waals surface area (Å²) in [6, 6.07) is 1.28. The zero-order chi connectivity index (χ0) is 25.0. The number of esters is 1. The van der Waals surface area contributed by atoms with Crippen LogP contribution in [0.4, 0.5) is 10.5 Å². The molecule has 1 aliphatic rings. The second-order valence-corrected chi connectivity index (χ2v) is 7.70. The summed E-state index contributed by atoms with van der Waals surface area (Å²) in [7, 11) is 0. The van der Waals surface area contributed by atoms with Gasteiger partial charge in [0.15, 0.2) is 17.2 Å².